The number of hydrogen-bond donors (Lipinski definition) is 1. The number of amides is 1. The molecule has 3 heteroatoms. The number of ether oxygens (including phenoxy) is 1. The van der Waals surface area contributed by atoms with Crippen LogP contribution >= 0.6 is 0 Å². The van der Waals surface area contributed by atoms with E-state index in [4.69, 9.17) is 4.74 Å². The summed E-state index contributed by atoms with van der Waals surface area (Å²) in [5, 5.41) is 2.96. The van der Waals surface area contributed by atoms with Gasteiger partial charge in [-0.2, -0.15) is 0 Å². The maximum absolute atomic E-state index is 11.4. The van der Waals surface area contributed by atoms with Gasteiger partial charge in [0.25, 0.3) is 0 Å². The molecular formula is C9H15NO2. The molecule has 12 heavy (non-hydrogen) atoms. The van der Waals surface area contributed by atoms with Crippen molar-refractivity contribution in [3.63, 3.8) is 0 Å². The second-order valence-electron chi connectivity index (χ2n) is 3.83. The number of methoxy groups -OCH3 is 1. The van der Waals surface area contributed by atoms with Crippen molar-refractivity contribution in [1.29, 1.82) is 0 Å². The van der Waals surface area contributed by atoms with E-state index in [-0.39, 0.29) is 17.6 Å². The number of rotatable bonds is 1. The Hall–Kier alpha value is -0.570. The Morgan fingerprint density at radius 2 is 2.42 bits per heavy atom. The van der Waals surface area contributed by atoms with E-state index in [1.165, 1.54) is 12.8 Å². The van der Waals surface area contributed by atoms with E-state index in [9.17, 15) is 4.79 Å². The predicted molar refractivity (Wildman–Crippen MR) is 44.5 cm³/mol. The van der Waals surface area contributed by atoms with Crippen molar-refractivity contribution >= 4 is 5.91 Å². The fourth-order valence-corrected chi connectivity index (χ4v) is 2.30. The average Bonchev–Trinajstić information content (AvgIpc) is 2.28. The normalized spacial score (nSPS) is 40.8. The molecule has 0 radical (unpaired) electrons. The third-order valence-electron chi connectivity index (χ3n) is 3.07. The van der Waals surface area contributed by atoms with Gasteiger partial charge in [0.15, 0.2) is 0 Å². The molecule has 2 bridgehead atoms. The summed E-state index contributed by atoms with van der Waals surface area (Å²) in [5.74, 6) is 0.406. The van der Waals surface area contributed by atoms with E-state index < -0.39 is 0 Å². The summed E-state index contributed by atoms with van der Waals surface area (Å²) in [6.07, 6.45) is 5.23. The Morgan fingerprint density at radius 3 is 3.17 bits per heavy atom. The van der Waals surface area contributed by atoms with E-state index in [1.807, 2.05) is 0 Å². The highest BCUT2D eigenvalue weighted by Gasteiger charge is 2.45. The first-order valence-electron chi connectivity index (χ1n) is 4.63. The van der Waals surface area contributed by atoms with Gasteiger partial charge in [0.2, 0.25) is 5.91 Å². The third-order valence-corrected chi connectivity index (χ3v) is 3.07. The van der Waals surface area contributed by atoms with Crippen LogP contribution in [0.1, 0.15) is 32.1 Å². The zero-order valence-corrected chi connectivity index (χ0v) is 7.43. The van der Waals surface area contributed by atoms with Gasteiger partial charge in [0, 0.05) is 19.4 Å². The lowest BCUT2D eigenvalue weighted by Gasteiger charge is -2.26. The molecule has 3 nitrogen and oxygen atoms in total. The second kappa shape index (κ2) is 2.73. The van der Waals surface area contributed by atoms with Gasteiger partial charge in [0.1, 0.15) is 5.72 Å². The van der Waals surface area contributed by atoms with Gasteiger partial charge in [0.05, 0.1) is 0 Å². The molecule has 0 aromatic rings. The molecular weight excluding hydrogens is 154 g/mol. The van der Waals surface area contributed by atoms with Crippen LogP contribution in [0, 0.1) is 5.92 Å². The quantitative estimate of drug-likeness (QED) is 0.637. The lowest BCUT2D eigenvalue weighted by molar-refractivity contribution is -0.126. The molecule has 1 saturated carbocycles. The van der Waals surface area contributed by atoms with Crippen molar-refractivity contribution < 1.29 is 9.53 Å². The summed E-state index contributed by atoms with van der Waals surface area (Å²) in [7, 11) is 1.69. The molecule has 1 aliphatic carbocycles. The molecule has 2 rings (SSSR count). The number of nitrogens with one attached hydrogen (secondary N) is 1. The molecule has 2 unspecified atom stereocenters. The minimum Gasteiger partial charge on any atom is -0.359 e. The second-order valence-corrected chi connectivity index (χ2v) is 3.83. The number of hydrogen-bond acceptors (Lipinski definition) is 2. The Bertz CT molecular complexity index is 205. The molecule has 68 valence electrons. The van der Waals surface area contributed by atoms with Crippen molar-refractivity contribution in [3.05, 3.63) is 0 Å². The van der Waals surface area contributed by atoms with Crippen LogP contribution in [0.3, 0.4) is 0 Å². The molecule has 1 heterocycles. The fraction of sp³-hybridized carbons (Fsp3) is 0.889. The van der Waals surface area contributed by atoms with Gasteiger partial charge in [-0.15, -0.1) is 0 Å². The van der Waals surface area contributed by atoms with Crippen LogP contribution in [-0.2, 0) is 9.53 Å². The van der Waals surface area contributed by atoms with Gasteiger partial charge in [-0.05, 0) is 19.3 Å². The monoisotopic (exact) mass is 169 g/mol. The van der Waals surface area contributed by atoms with Gasteiger partial charge < -0.3 is 10.1 Å². The van der Waals surface area contributed by atoms with Crippen LogP contribution in [0.4, 0.5) is 0 Å². The van der Waals surface area contributed by atoms with Crippen molar-refractivity contribution in [2.75, 3.05) is 7.11 Å². The highest BCUT2D eigenvalue weighted by Crippen LogP contribution is 2.36. The zero-order chi connectivity index (χ0) is 8.60. The van der Waals surface area contributed by atoms with Gasteiger partial charge in [-0.3, -0.25) is 4.79 Å². The van der Waals surface area contributed by atoms with Crippen LogP contribution < -0.4 is 5.32 Å². The minimum absolute atomic E-state index is 0.191. The summed E-state index contributed by atoms with van der Waals surface area (Å²) >= 11 is 0. The topological polar surface area (TPSA) is 38.3 Å². The highest BCUT2D eigenvalue weighted by molar-refractivity contribution is 5.81. The zero-order valence-electron chi connectivity index (χ0n) is 7.43. The Morgan fingerprint density at radius 1 is 1.58 bits per heavy atom. The highest BCUT2D eigenvalue weighted by atomic mass is 16.5. The third kappa shape index (κ3) is 1.12. The fourth-order valence-electron chi connectivity index (χ4n) is 2.30. The van der Waals surface area contributed by atoms with E-state index in [0.29, 0.717) is 0 Å². The lowest BCUT2D eigenvalue weighted by atomic mass is 10.0. The van der Waals surface area contributed by atoms with Crippen LogP contribution in [0.15, 0.2) is 0 Å². The molecule has 2 fully saturated rings. The van der Waals surface area contributed by atoms with Crippen LogP contribution in [0.5, 0.6) is 0 Å². The SMILES string of the molecule is COC12CCCCC(C1)C(=O)N2. The van der Waals surface area contributed by atoms with Gasteiger partial charge in [-0.1, -0.05) is 6.42 Å². The van der Waals surface area contributed by atoms with Gasteiger partial charge >= 0.3 is 0 Å². The maximum atomic E-state index is 11.4. The molecule has 2 atom stereocenters. The van der Waals surface area contributed by atoms with Crippen molar-refractivity contribution in [2.24, 2.45) is 5.92 Å². The Kier molecular flexibility index (Phi) is 1.83. The van der Waals surface area contributed by atoms with E-state index in [0.717, 1.165) is 19.3 Å². The first-order chi connectivity index (χ1) is 5.76. The lowest BCUT2D eigenvalue weighted by Crippen LogP contribution is -2.43. The molecule has 1 N–H and O–H groups in total. The van der Waals surface area contributed by atoms with E-state index in [1.54, 1.807) is 7.11 Å². The maximum Gasteiger partial charge on any atom is 0.225 e. The van der Waals surface area contributed by atoms with Crippen molar-refractivity contribution in [3.8, 4) is 0 Å². The van der Waals surface area contributed by atoms with Crippen LogP contribution in [0.2, 0.25) is 0 Å². The Balaban J connectivity index is 2.19. The summed E-state index contributed by atoms with van der Waals surface area (Å²) in [4.78, 5) is 11.4. The molecule has 1 aliphatic heterocycles. The standard InChI is InChI=1S/C9H15NO2/c1-12-9-5-3-2-4-7(6-9)8(11)10-9/h7H,2-6H2,1H3,(H,10,11). The molecule has 2 aliphatic rings. The van der Waals surface area contributed by atoms with E-state index in [2.05, 4.69) is 5.32 Å². The minimum atomic E-state index is -0.307. The summed E-state index contributed by atoms with van der Waals surface area (Å²) in [6, 6.07) is 0. The first kappa shape index (κ1) is 8.05. The number of carbonyl (C=O) groups excluding carboxylic acids is 1. The van der Waals surface area contributed by atoms with Crippen LogP contribution in [0.25, 0.3) is 0 Å². The van der Waals surface area contributed by atoms with E-state index >= 15 is 0 Å². The van der Waals surface area contributed by atoms with Crippen LogP contribution in [-0.4, -0.2) is 18.7 Å². The molecule has 0 spiro atoms. The summed E-state index contributed by atoms with van der Waals surface area (Å²) in [5.41, 5.74) is -0.307. The van der Waals surface area contributed by atoms with Crippen molar-refractivity contribution in [1.82, 2.24) is 5.32 Å². The average molecular weight is 169 g/mol. The molecule has 0 aromatic heterocycles. The first-order valence-corrected chi connectivity index (χ1v) is 4.63. The largest absolute Gasteiger partial charge is 0.359 e. The summed E-state index contributed by atoms with van der Waals surface area (Å²) < 4.78 is 5.39. The summed E-state index contributed by atoms with van der Waals surface area (Å²) in [6.45, 7) is 0. The predicted octanol–water partition coefficient (Wildman–Crippen LogP) is 1.04. The van der Waals surface area contributed by atoms with Gasteiger partial charge in [-0.25, -0.2) is 0 Å². The molecule has 1 saturated heterocycles. The molecule has 1 amide bonds. The molecule has 0 aromatic carbocycles. The smallest absolute Gasteiger partial charge is 0.225 e. The van der Waals surface area contributed by atoms with Crippen molar-refractivity contribution in [2.45, 2.75) is 37.8 Å². The number of carbonyl (C=O) groups is 1. The number of fused-ring (bicyclic) bond motifs is 2. The Labute approximate surface area is 72.5 Å².